The summed E-state index contributed by atoms with van der Waals surface area (Å²) in [5, 5.41) is 1.47. The molecule has 0 fully saturated rings. The van der Waals surface area contributed by atoms with Crippen molar-refractivity contribution in [2.45, 2.75) is 41.0 Å². The number of para-hydroxylation sites is 1. The van der Waals surface area contributed by atoms with Crippen molar-refractivity contribution in [2.24, 2.45) is 0 Å². The van der Waals surface area contributed by atoms with E-state index in [1.807, 2.05) is 65.0 Å². The van der Waals surface area contributed by atoms with E-state index in [1.54, 1.807) is 12.3 Å². The molecule has 0 radical (unpaired) electrons. The summed E-state index contributed by atoms with van der Waals surface area (Å²) in [6.45, 7) is 10.0. The maximum absolute atomic E-state index is 12.7. The molecule has 0 amide bonds. The van der Waals surface area contributed by atoms with Gasteiger partial charge in [0.05, 0.1) is 16.6 Å². The summed E-state index contributed by atoms with van der Waals surface area (Å²) in [6, 6.07) is 11.1. The molecule has 0 aliphatic carbocycles. The molecule has 0 bridgehead atoms. The molecule has 4 rings (SSSR count). The molecule has 0 unspecified atom stereocenters. The summed E-state index contributed by atoms with van der Waals surface area (Å²) >= 11 is 0. The first-order valence-electron chi connectivity index (χ1n) is 8.84. The number of aryl methyl sites for hydroxylation is 1. The minimum absolute atomic E-state index is 0.130. The molecule has 25 heavy (non-hydrogen) atoms. The van der Waals surface area contributed by atoms with Crippen molar-refractivity contribution in [3.8, 4) is 0 Å². The Morgan fingerprint density at radius 1 is 0.920 bits per heavy atom. The van der Waals surface area contributed by atoms with E-state index in [0.29, 0.717) is 22.3 Å². The first kappa shape index (κ1) is 18.5. The Morgan fingerprint density at radius 2 is 1.60 bits per heavy atom. The van der Waals surface area contributed by atoms with Gasteiger partial charge in [0.25, 0.3) is 5.56 Å². The Morgan fingerprint density at radius 3 is 2.32 bits per heavy atom. The monoisotopic (exact) mass is 336 g/mol. The zero-order valence-electron chi connectivity index (χ0n) is 15.4. The summed E-state index contributed by atoms with van der Waals surface area (Å²) in [4.78, 5) is 26.2. The van der Waals surface area contributed by atoms with Crippen LogP contribution in [0.2, 0.25) is 0 Å². The van der Waals surface area contributed by atoms with Crippen LogP contribution in [0.1, 0.15) is 40.3 Å². The molecule has 0 saturated carbocycles. The third-order valence-electron chi connectivity index (χ3n) is 3.64. The Bertz CT molecular complexity index is 1050. The lowest BCUT2D eigenvalue weighted by molar-refractivity contribution is 0.984. The predicted octanol–water partition coefficient (Wildman–Crippen LogP) is 4.41. The summed E-state index contributed by atoms with van der Waals surface area (Å²) in [5.74, 6) is 0.404. The number of rotatable bonds is 1. The molecule has 3 aromatic heterocycles. The number of hydrogen-bond donors (Lipinski definition) is 0. The number of pyridine rings is 1. The lowest BCUT2D eigenvalue weighted by Crippen LogP contribution is -2.18. The van der Waals surface area contributed by atoms with Crippen molar-refractivity contribution in [1.29, 1.82) is 0 Å². The fraction of sp³-hybridized carbons (Fsp3) is 0.300. The van der Waals surface area contributed by atoms with Crippen LogP contribution in [0.4, 0.5) is 0 Å². The molecule has 0 saturated heterocycles. The maximum Gasteiger partial charge on any atom is 0.268 e. The van der Waals surface area contributed by atoms with Gasteiger partial charge in [-0.1, -0.05) is 46.8 Å². The molecule has 0 aliphatic heterocycles. The molecule has 4 aromatic rings. The van der Waals surface area contributed by atoms with Crippen molar-refractivity contribution in [3.05, 3.63) is 58.6 Å². The van der Waals surface area contributed by atoms with Crippen molar-refractivity contribution >= 4 is 27.7 Å². The third kappa shape index (κ3) is 3.22. The lowest BCUT2D eigenvalue weighted by atomic mass is 10.2. The standard InChI is InChI=1S/C16H12N4O.2C2H6/c1-2-12-10-7-5-9-17-14(10)20-15(21)11-6-3-4-8-13(11)19-16(20)18-12;2*1-2/h3-9H,2H2,1H3;2*1-2H3. The van der Waals surface area contributed by atoms with E-state index in [4.69, 9.17) is 0 Å². The van der Waals surface area contributed by atoms with Crippen molar-refractivity contribution < 1.29 is 0 Å². The van der Waals surface area contributed by atoms with Gasteiger partial charge in [0.15, 0.2) is 5.65 Å². The fourth-order valence-electron chi connectivity index (χ4n) is 2.64. The Hall–Kier alpha value is -2.82. The molecule has 0 spiro atoms. The minimum Gasteiger partial charge on any atom is -0.268 e. The smallest absolute Gasteiger partial charge is 0.268 e. The van der Waals surface area contributed by atoms with Gasteiger partial charge in [0.2, 0.25) is 5.78 Å². The van der Waals surface area contributed by atoms with Gasteiger partial charge in [-0.2, -0.15) is 0 Å². The Balaban J connectivity index is 0.000000528. The predicted molar refractivity (Wildman–Crippen MR) is 104 cm³/mol. The van der Waals surface area contributed by atoms with Crippen LogP contribution in [0.5, 0.6) is 0 Å². The summed E-state index contributed by atoms with van der Waals surface area (Å²) in [7, 11) is 0. The van der Waals surface area contributed by atoms with E-state index < -0.39 is 0 Å². The van der Waals surface area contributed by atoms with Crippen LogP contribution in [0.25, 0.3) is 27.7 Å². The lowest BCUT2D eigenvalue weighted by Gasteiger charge is -2.08. The molecule has 0 aliphatic rings. The summed E-state index contributed by atoms with van der Waals surface area (Å²) in [6.07, 6.45) is 2.45. The zero-order chi connectivity index (χ0) is 18.4. The van der Waals surface area contributed by atoms with E-state index in [1.165, 1.54) is 4.40 Å². The van der Waals surface area contributed by atoms with Gasteiger partial charge in [0, 0.05) is 11.6 Å². The number of aromatic nitrogens is 4. The van der Waals surface area contributed by atoms with E-state index in [0.717, 1.165) is 17.5 Å². The maximum atomic E-state index is 12.7. The first-order chi connectivity index (χ1) is 12.3. The number of hydrogen-bond acceptors (Lipinski definition) is 4. The highest BCUT2D eigenvalue weighted by Crippen LogP contribution is 2.17. The van der Waals surface area contributed by atoms with Gasteiger partial charge in [-0.3, -0.25) is 4.79 Å². The topological polar surface area (TPSA) is 60.2 Å². The van der Waals surface area contributed by atoms with Crippen LogP contribution >= 0.6 is 0 Å². The zero-order valence-corrected chi connectivity index (χ0v) is 15.4. The molecule has 3 heterocycles. The number of benzene rings is 1. The van der Waals surface area contributed by atoms with E-state index in [9.17, 15) is 4.79 Å². The quantitative estimate of drug-likeness (QED) is 0.382. The molecular formula is C20H24N4O. The van der Waals surface area contributed by atoms with Crippen molar-refractivity contribution in [2.75, 3.05) is 0 Å². The molecule has 130 valence electrons. The minimum atomic E-state index is -0.130. The van der Waals surface area contributed by atoms with Crippen molar-refractivity contribution in [3.63, 3.8) is 0 Å². The average molecular weight is 336 g/mol. The second-order valence-corrected chi connectivity index (χ2v) is 4.86. The second kappa shape index (κ2) is 8.33. The van der Waals surface area contributed by atoms with Gasteiger partial charge in [-0.05, 0) is 30.7 Å². The van der Waals surface area contributed by atoms with Crippen LogP contribution in [-0.4, -0.2) is 19.4 Å². The van der Waals surface area contributed by atoms with Crippen LogP contribution in [0, 0.1) is 0 Å². The largest absolute Gasteiger partial charge is 0.268 e. The highest BCUT2D eigenvalue weighted by Gasteiger charge is 2.12. The average Bonchev–Trinajstić information content (AvgIpc) is 2.70. The fourth-order valence-corrected chi connectivity index (χ4v) is 2.64. The molecule has 5 heteroatoms. The summed E-state index contributed by atoms with van der Waals surface area (Å²) in [5.41, 5.74) is 2.05. The van der Waals surface area contributed by atoms with Gasteiger partial charge in [-0.15, -0.1) is 0 Å². The van der Waals surface area contributed by atoms with Crippen LogP contribution < -0.4 is 5.56 Å². The molecule has 5 nitrogen and oxygen atoms in total. The Labute approximate surface area is 147 Å². The molecular weight excluding hydrogens is 312 g/mol. The van der Waals surface area contributed by atoms with E-state index in [-0.39, 0.29) is 5.56 Å². The number of nitrogens with zero attached hydrogens (tertiary/aromatic N) is 4. The van der Waals surface area contributed by atoms with Crippen LogP contribution in [-0.2, 0) is 6.42 Å². The van der Waals surface area contributed by atoms with Crippen LogP contribution in [0.15, 0.2) is 47.4 Å². The molecule has 0 atom stereocenters. The molecule has 1 aromatic carbocycles. The van der Waals surface area contributed by atoms with E-state index in [2.05, 4.69) is 15.0 Å². The number of fused-ring (bicyclic) bond motifs is 4. The SMILES string of the molecule is CC.CC.CCc1nc2nc3ccccc3c(=O)n2c2ncccc12. The summed E-state index contributed by atoms with van der Waals surface area (Å²) < 4.78 is 1.50. The van der Waals surface area contributed by atoms with E-state index >= 15 is 0 Å². The first-order valence-corrected chi connectivity index (χ1v) is 8.84. The van der Waals surface area contributed by atoms with Gasteiger partial charge in [0.1, 0.15) is 0 Å². The Kier molecular flexibility index (Phi) is 6.17. The van der Waals surface area contributed by atoms with Gasteiger partial charge in [-0.25, -0.2) is 19.4 Å². The van der Waals surface area contributed by atoms with Gasteiger partial charge < -0.3 is 0 Å². The normalized spacial score (nSPS) is 10.1. The van der Waals surface area contributed by atoms with Crippen LogP contribution in [0.3, 0.4) is 0 Å². The third-order valence-corrected chi connectivity index (χ3v) is 3.64. The van der Waals surface area contributed by atoms with Gasteiger partial charge >= 0.3 is 0 Å². The second-order valence-electron chi connectivity index (χ2n) is 4.86. The van der Waals surface area contributed by atoms with Crippen molar-refractivity contribution in [1.82, 2.24) is 19.4 Å². The highest BCUT2D eigenvalue weighted by molar-refractivity contribution is 5.84. The molecule has 0 N–H and O–H groups in total. The highest BCUT2D eigenvalue weighted by atomic mass is 16.1.